The van der Waals surface area contributed by atoms with Crippen LogP contribution in [-0.4, -0.2) is 19.8 Å². The van der Waals surface area contributed by atoms with Crippen LogP contribution in [0.4, 0.5) is 0 Å². The van der Waals surface area contributed by atoms with Crippen LogP contribution < -0.4 is 5.73 Å². The van der Waals surface area contributed by atoms with Crippen LogP contribution >= 0.6 is 11.6 Å². The first-order valence-corrected chi connectivity index (χ1v) is 8.16. The van der Waals surface area contributed by atoms with Gasteiger partial charge in [-0.25, -0.2) is 8.42 Å². The third-order valence-electron chi connectivity index (χ3n) is 3.28. The van der Waals surface area contributed by atoms with Gasteiger partial charge in [0.15, 0.2) is 0 Å². The van der Waals surface area contributed by atoms with Crippen molar-refractivity contribution in [2.24, 2.45) is 5.73 Å². The van der Waals surface area contributed by atoms with E-state index < -0.39 is 10.0 Å². The highest BCUT2D eigenvalue weighted by Crippen LogP contribution is 2.26. The van der Waals surface area contributed by atoms with Crippen molar-refractivity contribution in [1.29, 1.82) is 0 Å². The Kier molecular flexibility index (Phi) is 4.73. The molecule has 1 aromatic heterocycles. The quantitative estimate of drug-likeness (QED) is 0.915. The number of benzene rings is 1. The lowest BCUT2D eigenvalue weighted by Gasteiger charge is -2.18. The number of hydrogen-bond acceptors (Lipinski definition) is 4. The molecule has 0 spiro atoms. The molecule has 7 heteroatoms. The van der Waals surface area contributed by atoms with E-state index in [0.29, 0.717) is 11.3 Å². The fourth-order valence-electron chi connectivity index (χ4n) is 1.94. The first-order chi connectivity index (χ1) is 9.86. The zero-order chi connectivity index (χ0) is 15.6. The van der Waals surface area contributed by atoms with Gasteiger partial charge in [0.2, 0.25) is 10.0 Å². The van der Waals surface area contributed by atoms with E-state index in [1.54, 1.807) is 25.1 Å². The van der Waals surface area contributed by atoms with Crippen molar-refractivity contribution in [3.05, 3.63) is 52.4 Å². The van der Waals surface area contributed by atoms with Crippen LogP contribution in [0.2, 0.25) is 5.02 Å². The monoisotopic (exact) mass is 328 g/mol. The van der Waals surface area contributed by atoms with E-state index in [4.69, 9.17) is 21.8 Å². The second-order valence-corrected chi connectivity index (χ2v) is 7.15. The maximum absolute atomic E-state index is 12.6. The van der Waals surface area contributed by atoms with Crippen molar-refractivity contribution < 1.29 is 12.8 Å². The summed E-state index contributed by atoms with van der Waals surface area (Å²) in [4.78, 5) is 0.0655. The van der Waals surface area contributed by atoms with Crippen LogP contribution in [0.3, 0.4) is 0 Å². The van der Waals surface area contributed by atoms with Crippen molar-refractivity contribution in [2.45, 2.75) is 24.9 Å². The molecule has 0 aliphatic carbocycles. The Morgan fingerprint density at radius 3 is 2.62 bits per heavy atom. The van der Waals surface area contributed by atoms with Crippen LogP contribution in [0.5, 0.6) is 0 Å². The number of sulfonamides is 1. The lowest BCUT2D eigenvalue weighted by molar-refractivity contribution is 0.459. The number of furan rings is 1. The molecule has 114 valence electrons. The first kappa shape index (κ1) is 16.0. The number of nitrogens with two attached hydrogens (primary N) is 1. The topological polar surface area (TPSA) is 76.5 Å². The van der Waals surface area contributed by atoms with Gasteiger partial charge in [-0.1, -0.05) is 17.7 Å². The summed E-state index contributed by atoms with van der Waals surface area (Å²) in [7, 11) is -2.18. The molecule has 5 nitrogen and oxygen atoms in total. The minimum atomic E-state index is -3.69. The summed E-state index contributed by atoms with van der Waals surface area (Å²) >= 11 is 6.03. The number of nitrogens with zero attached hydrogens (tertiary/aromatic N) is 1. The Bertz CT molecular complexity index is 740. The summed E-state index contributed by atoms with van der Waals surface area (Å²) in [5.41, 5.74) is 7.08. The summed E-state index contributed by atoms with van der Waals surface area (Å²) in [5, 5.41) is 0.183. The second kappa shape index (κ2) is 6.19. The minimum Gasteiger partial charge on any atom is -0.469 e. The normalized spacial score (nSPS) is 12.0. The van der Waals surface area contributed by atoms with Gasteiger partial charge in [-0.15, -0.1) is 0 Å². The summed E-state index contributed by atoms with van der Waals surface area (Å²) in [5.74, 6) is 0.693. The highest BCUT2D eigenvalue weighted by molar-refractivity contribution is 7.89. The van der Waals surface area contributed by atoms with Crippen LogP contribution in [0, 0.1) is 6.92 Å². The van der Waals surface area contributed by atoms with E-state index in [1.165, 1.54) is 23.7 Å². The molecule has 0 saturated heterocycles. The largest absolute Gasteiger partial charge is 0.469 e. The molecule has 0 aliphatic rings. The number of rotatable bonds is 5. The van der Waals surface area contributed by atoms with Crippen LogP contribution in [0.15, 0.2) is 39.8 Å². The van der Waals surface area contributed by atoms with Gasteiger partial charge in [0, 0.05) is 25.7 Å². The Labute approximate surface area is 129 Å². The van der Waals surface area contributed by atoms with E-state index >= 15 is 0 Å². The molecular formula is C14H17ClN2O3S. The molecule has 0 amide bonds. The van der Waals surface area contributed by atoms with Gasteiger partial charge in [-0.2, -0.15) is 4.31 Å². The van der Waals surface area contributed by atoms with Gasteiger partial charge in [-0.05, 0) is 30.7 Å². The predicted octanol–water partition coefficient (Wildman–Crippen LogP) is 2.52. The molecule has 1 aromatic carbocycles. The van der Waals surface area contributed by atoms with Crippen LogP contribution in [0.1, 0.15) is 16.9 Å². The molecule has 0 aliphatic heterocycles. The molecule has 2 rings (SSSR count). The van der Waals surface area contributed by atoms with Gasteiger partial charge < -0.3 is 10.2 Å². The summed E-state index contributed by atoms with van der Waals surface area (Å²) < 4.78 is 31.7. The molecule has 0 bridgehead atoms. The lowest BCUT2D eigenvalue weighted by Crippen LogP contribution is -2.27. The van der Waals surface area contributed by atoms with Gasteiger partial charge in [0.1, 0.15) is 10.7 Å². The maximum atomic E-state index is 12.6. The summed E-state index contributed by atoms with van der Waals surface area (Å²) in [6.45, 7) is 2.26. The average molecular weight is 329 g/mol. The van der Waals surface area contributed by atoms with Crippen LogP contribution in [-0.2, 0) is 23.1 Å². The van der Waals surface area contributed by atoms with Crippen molar-refractivity contribution >= 4 is 21.6 Å². The zero-order valence-corrected chi connectivity index (χ0v) is 13.4. The highest BCUT2D eigenvalue weighted by atomic mass is 35.5. The third-order valence-corrected chi connectivity index (χ3v) is 5.56. The SMILES string of the molecule is Cc1occc1CN(C)S(=O)(=O)c1cc(CN)ccc1Cl. The maximum Gasteiger partial charge on any atom is 0.244 e. The first-order valence-electron chi connectivity index (χ1n) is 6.34. The van der Waals surface area contributed by atoms with Crippen molar-refractivity contribution in [3.63, 3.8) is 0 Å². The van der Waals surface area contributed by atoms with Crippen molar-refractivity contribution in [3.8, 4) is 0 Å². The third kappa shape index (κ3) is 3.29. The molecule has 0 unspecified atom stereocenters. The molecule has 2 N–H and O–H groups in total. The molecule has 0 fully saturated rings. The fourth-order valence-corrected chi connectivity index (χ4v) is 3.61. The van der Waals surface area contributed by atoms with E-state index in [0.717, 1.165) is 5.56 Å². The van der Waals surface area contributed by atoms with E-state index in [-0.39, 0.29) is 23.0 Å². The van der Waals surface area contributed by atoms with E-state index in [1.807, 2.05) is 0 Å². The minimum absolute atomic E-state index is 0.0655. The molecule has 0 atom stereocenters. The van der Waals surface area contributed by atoms with Gasteiger partial charge in [0.05, 0.1) is 11.3 Å². The second-order valence-electron chi connectivity index (χ2n) is 4.73. The molecule has 21 heavy (non-hydrogen) atoms. The van der Waals surface area contributed by atoms with E-state index in [2.05, 4.69) is 0 Å². The van der Waals surface area contributed by atoms with Crippen LogP contribution in [0.25, 0.3) is 0 Å². The Morgan fingerprint density at radius 1 is 1.33 bits per heavy atom. The molecular weight excluding hydrogens is 312 g/mol. The Balaban J connectivity index is 2.35. The summed E-state index contributed by atoms with van der Waals surface area (Å²) in [6.07, 6.45) is 1.53. The van der Waals surface area contributed by atoms with Crippen molar-refractivity contribution in [2.75, 3.05) is 7.05 Å². The highest BCUT2D eigenvalue weighted by Gasteiger charge is 2.24. The Morgan fingerprint density at radius 2 is 2.05 bits per heavy atom. The molecule has 2 aromatic rings. The van der Waals surface area contributed by atoms with Gasteiger partial charge >= 0.3 is 0 Å². The number of aryl methyl sites for hydroxylation is 1. The smallest absolute Gasteiger partial charge is 0.244 e. The van der Waals surface area contributed by atoms with Gasteiger partial charge in [-0.3, -0.25) is 0 Å². The Hall–Kier alpha value is -1.34. The number of halogens is 1. The zero-order valence-electron chi connectivity index (χ0n) is 11.8. The summed E-state index contributed by atoms with van der Waals surface area (Å²) in [6, 6.07) is 6.52. The standard InChI is InChI=1S/C14H17ClN2O3S/c1-10-12(5-6-20-10)9-17(2)21(18,19)14-7-11(8-16)3-4-13(14)15/h3-7H,8-9,16H2,1-2H3. The van der Waals surface area contributed by atoms with Gasteiger partial charge in [0.25, 0.3) is 0 Å². The predicted molar refractivity (Wildman–Crippen MR) is 81.4 cm³/mol. The number of hydrogen-bond donors (Lipinski definition) is 1. The average Bonchev–Trinajstić information content (AvgIpc) is 2.84. The van der Waals surface area contributed by atoms with Crippen molar-refractivity contribution in [1.82, 2.24) is 4.31 Å². The molecule has 0 saturated carbocycles. The molecule has 1 heterocycles. The lowest BCUT2D eigenvalue weighted by atomic mass is 10.2. The van der Waals surface area contributed by atoms with E-state index in [9.17, 15) is 8.42 Å². The molecule has 0 radical (unpaired) electrons. The fraction of sp³-hybridized carbons (Fsp3) is 0.286.